The molecule has 1 unspecified atom stereocenters. The molecule has 2 N–H and O–H groups in total. The fourth-order valence-electron chi connectivity index (χ4n) is 3.14. The number of aromatic hydroxyl groups is 1. The van der Waals surface area contributed by atoms with Crippen LogP contribution < -0.4 is 19.6 Å². The lowest BCUT2D eigenvalue weighted by molar-refractivity contribution is 0.0677. The van der Waals surface area contributed by atoms with Crippen molar-refractivity contribution in [2.75, 3.05) is 6.61 Å². The van der Waals surface area contributed by atoms with Crippen LogP contribution in [0.15, 0.2) is 71.8 Å². The number of ether oxygens (including phenoxy) is 3. The number of carbonyl (C=O) groups excluding carboxylic acids is 1. The summed E-state index contributed by atoms with van der Waals surface area (Å²) in [6.45, 7) is 2.20. The smallest absolute Gasteiger partial charge is 0.271 e. The molecule has 0 spiro atoms. The molecule has 168 valence electrons. The molecule has 1 aliphatic rings. The number of hydrogen-bond acceptors (Lipinski definition) is 6. The molecule has 4 rings (SSSR count). The molecule has 33 heavy (non-hydrogen) atoms. The van der Waals surface area contributed by atoms with Gasteiger partial charge in [-0.15, -0.1) is 0 Å². The Bertz CT molecular complexity index is 1210. The van der Waals surface area contributed by atoms with Gasteiger partial charge in [0.15, 0.2) is 11.5 Å². The molecule has 8 heteroatoms. The van der Waals surface area contributed by atoms with Gasteiger partial charge in [0.25, 0.3) is 5.91 Å². The first kappa shape index (κ1) is 22.2. The van der Waals surface area contributed by atoms with Gasteiger partial charge in [0.05, 0.1) is 11.2 Å². The molecule has 0 radical (unpaired) electrons. The van der Waals surface area contributed by atoms with Gasteiger partial charge < -0.3 is 19.3 Å². The molecule has 1 amide bonds. The van der Waals surface area contributed by atoms with Gasteiger partial charge in [0.2, 0.25) is 6.29 Å². The van der Waals surface area contributed by atoms with Crippen LogP contribution in [0.5, 0.6) is 23.0 Å². The normalized spacial score (nSPS) is 14.7. The van der Waals surface area contributed by atoms with Crippen LogP contribution in [0, 0.1) is 0 Å². The first-order valence-electron chi connectivity index (χ1n) is 10.2. The van der Waals surface area contributed by atoms with E-state index in [9.17, 15) is 9.90 Å². The van der Waals surface area contributed by atoms with Crippen molar-refractivity contribution in [3.63, 3.8) is 0 Å². The lowest BCUT2D eigenvalue weighted by Crippen LogP contribution is -2.17. The molecular weight excluding hydrogens is 444 g/mol. The zero-order valence-electron chi connectivity index (χ0n) is 17.7. The van der Waals surface area contributed by atoms with E-state index in [1.807, 2.05) is 55.5 Å². The quantitative estimate of drug-likeness (QED) is 0.378. The van der Waals surface area contributed by atoms with E-state index in [1.165, 1.54) is 24.4 Å². The maximum atomic E-state index is 12.3. The van der Waals surface area contributed by atoms with E-state index in [-0.39, 0.29) is 16.3 Å². The molecule has 3 aromatic carbocycles. The second-order valence-electron chi connectivity index (χ2n) is 7.13. The largest absolute Gasteiger partial charge is 0.506 e. The van der Waals surface area contributed by atoms with Crippen LogP contribution in [-0.4, -0.2) is 30.1 Å². The predicted molar refractivity (Wildman–Crippen MR) is 126 cm³/mol. The molecule has 0 saturated heterocycles. The zero-order chi connectivity index (χ0) is 23.2. The summed E-state index contributed by atoms with van der Waals surface area (Å²) >= 11 is 5.85. The second kappa shape index (κ2) is 10.1. The minimum Gasteiger partial charge on any atom is -0.506 e. The highest BCUT2D eigenvalue weighted by molar-refractivity contribution is 6.32. The lowest BCUT2D eigenvalue weighted by atomic mass is 10.1. The van der Waals surface area contributed by atoms with Gasteiger partial charge in [-0.05, 0) is 54.1 Å². The summed E-state index contributed by atoms with van der Waals surface area (Å²) in [5, 5.41) is 13.6. The number of nitrogens with zero attached hydrogens (tertiary/aromatic N) is 1. The zero-order valence-corrected chi connectivity index (χ0v) is 18.5. The Labute approximate surface area is 195 Å². The van der Waals surface area contributed by atoms with Crippen LogP contribution in [-0.2, 0) is 0 Å². The Morgan fingerprint density at radius 1 is 1.18 bits per heavy atom. The summed E-state index contributed by atoms with van der Waals surface area (Å²) in [6.07, 6.45) is 4.87. The Hall–Kier alpha value is -3.97. The number of nitrogens with one attached hydrogen (secondary N) is 1. The number of fused-ring (bicyclic) bond motifs is 1. The van der Waals surface area contributed by atoms with Crippen LogP contribution in [0.25, 0.3) is 6.08 Å². The molecule has 0 saturated carbocycles. The van der Waals surface area contributed by atoms with Gasteiger partial charge in [-0.25, -0.2) is 5.43 Å². The molecule has 0 bridgehead atoms. The molecule has 0 aromatic heterocycles. The molecule has 1 aliphatic heterocycles. The number of carbonyl (C=O) groups is 1. The van der Waals surface area contributed by atoms with Crippen molar-refractivity contribution in [3.05, 3.63) is 88.5 Å². The number of halogens is 1. The van der Waals surface area contributed by atoms with E-state index in [4.69, 9.17) is 25.8 Å². The molecule has 0 aliphatic carbocycles. The molecule has 3 aromatic rings. The molecule has 0 fully saturated rings. The van der Waals surface area contributed by atoms with E-state index in [0.29, 0.717) is 23.7 Å². The fourth-order valence-corrected chi connectivity index (χ4v) is 3.32. The molecule has 1 atom stereocenters. The van der Waals surface area contributed by atoms with Crippen LogP contribution in [0.4, 0.5) is 0 Å². The molecule has 1 heterocycles. The van der Waals surface area contributed by atoms with Gasteiger partial charge in [-0.3, -0.25) is 4.79 Å². The topological polar surface area (TPSA) is 89.4 Å². The minimum absolute atomic E-state index is 0.0872. The highest BCUT2D eigenvalue weighted by Crippen LogP contribution is 2.39. The van der Waals surface area contributed by atoms with Crippen molar-refractivity contribution >= 4 is 29.8 Å². The van der Waals surface area contributed by atoms with Crippen molar-refractivity contribution < 1.29 is 24.1 Å². The second-order valence-corrected chi connectivity index (χ2v) is 7.54. The number of amides is 1. The van der Waals surface area contributed by atoms with Crippen LogP contribution in [0.2, 0.25) is 5.02 Å². The number of phenols is 1. The highest BCUT2D eigenvalue weighted by Gasteiger charge is 2.23. The third kappa shape index (κ3) is 5.64. The van der Waals surface area contributed by atoms with Crippen LogP contribution >= 0.6 is 11.6 Å². The Kier molecular flexibility index (Phi) is 6.80. The van der Waals surface area contributed by atoms with E-state index < -0.39 is 12.2 Å². The first-order valence-corrected chi connectivity index (χ1v) is 10.5. The SMILES string of the molecule is CC1Oc2cc(/C=N/NC(=O)c3ccc(O)c(Cl)c3)cc(/C=C/COc3ccccc3)c2O1. The average Bonchev–Trinajstić information content (AvgIpc) is 3.19. The molecule has 7 nitrogen and oxygen atoms in total. The van der Waals surface area contributed by atoms with E-state index in [1.54, 1.807) is 6.07 Å². The summed E-state index contributed by atoms with van der Waals surface area (Å²) in [6, 6.07) is 17.4. The van der Waals surface area contributed by atoms with Gasteiger partial charge in [-0.1, -0.05) is 35.9 Å². The van der Waals surface area contributed by atoms with Crippen molar-refractivity contribution in [1.29, 1.82) is 0 Å². The maximum Gasteiger partial charge on any atom is 0.271 e. The number of para-hydroxylation sites is 1. The summed E-state index contributed by atoms with van der Waals surface area (Å²) in [7, 11) is 0. The van der Waals surface area contributed by atoms with Crippen LogP contribution in [0.1, 0.15) is 28.4 Å². The van der Waals surface area contributed by atoms with Crippen molar-refractivity contribution in [2.24, 2.45) is 5.10 Å². The number of hydrazone groups is 1. The van der Waals surface area contributed by atoms with Gasteiger partial charge >= 0.3 is 0 Å². The van der Waals surface area contributed by atoms with Crippen molar-refractivity contribution in [2.45, 2.75) is 13.2 Å². The standard InChI is InChI=1S/C25H21ClN2O5/c1-16-32-23-13-17(15-27-28-25(30)19-9-10-22(29)21(26)14-19)12-18(24(23)33-16)6-5-11-31-20-7-3-2-4-8-20/h2-10,12-16,29H,11H2,1H3,(H,28,30)/b6-5+,27-15+. The van der Waals surface area contributed by atoms with E-state index in [2.05, 4.69) is 10.5 Å². The maximum absolute atomic E-state index is 12.3. The Morgan fingerprint density at radius 2 is 2.00 bits per heavy atom. The summed E-state index contributed by atoms with van der Waals surface area (Å²) in [5.41, 5.74) is 4.22. The van der Waals surface area contributed by atoms with E-state index >= 15 is 0 Å². The fraction of sp³-hybridized carbons (Fsp3) is 0.120. The summed E-state index contributed by atoms with van der Waals surface area (Å²) < 4.78 is 17.2. The molecular formula is C25H21ClN2O5. The Balaban J connectivity index is 1.45. The van der Waals surface area contributed by atoms with Gasteiger partial charge in [0, 0.05) is 18.1 Å². The number of rotatable bonds is 7. The summed E-state index contributed by atoms with van der Waals surface area (Å²) in [4.78, 5) is 12.3. The van der Waals surface area contributed by atoms with Crippen molar-refractivity contribution in [1.82, 2.24) is 5.43 Å². The van der Waals surface area contributed by atoms with E-state index in [0.717, 1.165) is 11.3 Å². The monoisotopic (exact) mass is 464 g/mol. The van der Waals surface area contributed by atoms with Crippen LogP contribution in [0.3, 0.4) is 0 Å². The highest BCUT2D eigenvalue weighted by atomic mass is 35.5. The van der Waals surface area contributed by atoms with Gasteiger partial charge in [-0.2, -0.15) is 5.10 Å². The predicted octanol–water partition coefficient (Wildman–Crippen LogP) is 5.02. The average molecular weight is 465 g/mol. The Morgan fingerprint density at radius 3 is 2.79 bits per heavy atom. The number of hydrogen-bond donors (Lipinski definition) is 2. The third-order valence-electron chi connectivity index (χ3n) is 4.66. The summed E-state index contributed by atoms with van der Waals surface area (Å²) in [5.74, 6) is 1.46. The first-order chi connectivity index (χ1) is 16.0. The van der Waals surface area contributed by atoms with Gasteiger partial charge in [0.1, 0.15) is 18.1 Å². The third-order valence-corrected chi connectivity index (χ3v) is 4.96. The minimum atomic E-state index is -0.458. The lowest BCUT2D eigenvalue weighted by Gasteiger charge is -2.05. The van der Waals surface area contributed by atoms with Crippen molar-refractivity contribution in [3.8, 4) is 23.0 Å². The number of phenolic OH excluding ortho intramolecular Hbond substituents is 1. The number of benzene rings is 3.